The molecule has 0 heterocycles. The minimum absolute atomic E-state index is 0.575. The predicted molar refractivity (Wildman–Crippen MR) is 143 cm³/mol. The molecule has 0 radical (unpaired) electrons. The van der Waals surface area contributed by atoms with Gasteiger partial charge in [0.1, 0.15) is 0 Å². The van der Waals surface area contributed by atoms with Crippen LogP contribution in [0.3, 0.4) is 0 Å². The molecular formula is C28H45N3O. The lowest BCUT2D eigenvalue weighted by Crippen LogP contribution is -2.17. The van der Waals surface area contributed by atoms with Crippen LogP contribution in [0, 0.1) is 0 Å². The van der Waals surface area contributed by atoms with Gasteiger partial charge < -0.3 is 15.8 Å². The Morgan fingerprint density at radius 1 is 1.12 bits per heavy atom. The van der Waals surface area contributed by atoms with Crippen LogP contribution < -0.4 is 11.1 Å². The summed E-state index contributed by atoms with van der Waals surface area (Å²) in [6.45, 7) is 18.7. The second-order valence-corrected chi connectivity index (χ2v) is 7.75. The van der Waals surface area contributed by atoms with Crippen molar-refractivity contribution in [3.05, 3.63) is 78.4 Å². The molecule has 1 aromatic rings. The monoisotopic (exact) mass is 439 g/mol. The van der Waals surface area contributed by atoms with Crippen LogP contribution in [0.1, 0.15) is 64.5 Å². The average Bonchev–Trinajstić information content (AvgIpc) is 2.75. The molecule has 0 aliphatic carbocycles. The Labute approximate surface area is 197 Å². The lowest BCUT2D eigenvalue weighted by molar-refractivity contribution is 0.148. The minimum atomic E-state index is 0.575. The Morgan fingerprint density at radius 2 is 1.88 bits per heavy atom. The van der Waals surface area contributed by atoms with Gasteiger partial charge in [-0.15, -0.1) is 0 Å². The van der Waals surface area contributed by atoms with Crippen molar-refractivity contribution >= 4 is 11.5 Å². The molecule has 0 fully saturated rings. The molecule has 1 rings (SSSR count). The molecule has 0 spiro atoms. The van der Waals surface area contributed by atoms with Gasteiger partial charge in [-0.3, -0.25) is 0 Å². The number of unbranched alkanes of at least 4 members (excludes halogenated alkanes) is 1. The maximum Gasteiger partial charge on any atom is 0.0964 e. The second-order valence-electron chi connectivity index (χ2n) is 7.75. The first-order chi connectivity index (χ1) is 15.4. The Morgan fingerprint density at radius 3 is 2.47 bits per heavy atom. The van der Waals surface area contributed by atoms with Gasteiger partial charge in [0.15, 0.2) is 0 Å². The van der Waals surface area contributed by atoms with Crippen LogP contribution in [0.4, 0.5) is 5.69 Å². The summed E-state index contributed by atoms with van der Waals surface area (Å²) in [4.78, 5) is 4.36. The molecule has 0 bridgehead atoms. The zero-order chi connectivity index (χ0) is 24.0. The predicted octanol–water partition coefficient (Wildman–Crippen LogP) is 6.81. The van der Waals surface area contributed by atoms with Crippen molar-refractivity contribution in [3.63, 3.8) is 0 Å². The number of benzene rings is 1. The smallest absolute Gasteiger partial charge is 0.0964 e. The summed E-state index contributed by atoms with van der Waals surface area (Å²) in [7, 11) is 0. The average molecular weight is 440 g/mol. The Hall–Kier alpha value is -2.43. The first kappa shape index (κ1) is 29.6. The van der Waals surface area contributed by atoms with Crippen LogP contribution in [-0.2, 0) is 17.8 Å². The van der Waals surface area contributed by atoms with Gasteiger partial charge in [0.25, 0.3) is 0 Å². The lowest BCUT2D eigenvalue weighted by Gasteiger charge is -2.11. The number of hydrogen-bond acceptors (Lipinski definition) is 3. The van der Waals surface area contributed by atoms with Gasteiger partial charge in [-0.05, 0) is 75.9 Å². The molecule has 0 saturated heterocycles. The van der Waals surface area contributed by atoms with Gasteiger partial charge in [0.05, 0.1) is 24.7 Å². The van der Waals surface area contributed by atoms with Gasteiger partial charge >= 0.3 is 0 Å². The highest BCUT2D eigenvalue weighted by Gasteiger charge is 2.05. The second kappa shape index (κ2) is 20.5. The first-order valence-electron chi connectivity index (χ1n) is 11.7. The number of rotatable bonds is 15. The van der Waals surface area contributed by atoms with E-state index in [-0.39, 0.29) is 0 Å². The fraction of sp³-hybridized carbons (Fsp3) is 0.464. The van der Waals surface area contributed by atoms with Crippen molar-refractivity contribution in [1.82, 2.24) is 5.32 Å². The number of ether oxygens (including phenoxy) is 1. The zero-order valence-electron chi connectivity index (χ0n) is 20.8. The summed E-state index contributed by atoms with van der Waals surface area (Å²) in [6.07, 6.45) is 15.4. The highest BCUT2D eigenvalue weighted by Crippen LogP contribution is 2.21. The number of nitrogens with two attached hydrogens (primary N) is 1. The number of aryl methyl sites for hydroxylation is 1. The summed E-state index contributed by atoms with van der Waals surface area (Å²) in [5.41, 5.74) is 10.2. The molecule has 0 aliphatic rings. The van der Waals surface area contributed by atoms with E-state index in [1.807, 2.05) is 32.1 Å². The van der Waals surface area contributed by atoms with Crippen LogP contribution in [0.5, 0.6) is 0 Å². The first-order valence-corrected chi connectivity index (χ1v) is 11.7. The molecule has 0 unspecified atom stereocenters. The van der Waals surface area contributed by atoms with E-state index in [2.05, 4.69) is 61.6 Å². The number of amidine groups is 1. The molecule has 4 heteroatoms. The molecule has 0 aromatic heterocycles. The van der Waals surface area contributed by atoms with Gasteiger partial charge in [-0.1, -0.05) is 75.4 Å². The van der Waals surface area contributed by atoms with E-state index in [0.29, 0.717) is 19.0 Å². The van der Waals surface area contributed by atoms with Crippen molar-refractivity contribution in [2.24, 2.45) is 10.7 Å². The van der Waals surface area contributed by atoms with Crippen molar-refractivity contribution in [3.8, 4) is 0 Å². The standard InChI is InChI=1S/C21H35N3O.C7H10/c1-4-6-8-15-25-17-20-16-21(24-18(3)22)12-11-19(20)10-9-14-23-13-7-5-2;1-4-5-6-7(2)3/h6,8,11-12,16,23H,4-5,7,9-10,13-15,17H2,1-3H3,(H2,22,24);4-6H,1-2H2,3H3/b8-6+;6-5+. The van der Waals surface area contributed by atoms with E-state index in [1.165, 1.54) is 24.0 Å². The fourth-order valence-corrected chi connectivity index (χ4v) is 2.80. The van der Waals surface area contributed by atoms with E-state index in [9.17, 15) is 0 Å². The van der Waals surface area contributed by atoms with E-state index in [0.717, 1.165) is 43.6 Å². The quantitative estimate of drug-likeness (QED) is 0.104. The molecule has 0 atom stereocenters. The maximum absolute atomic E-state index is 5.80. The Balaban J connectivity index is 0.00000118. The Kier molecular flexibility index (Phi) is 18.9. The minimum Gasteiger partial charge on any atom is -0.387 e. The molecule has 0 amide bonds. The van der Waals surface area contributed by atoms with Crippen LogP contribution in [-0.4, -0.2) is 25.5 Å². The van der Waals surface area contributed by atoms with Gasteiger partial charge in [0.2, 0.25) is 0 Å². The summed E-state index contributed by atoms with van der Waals surface area (Å²) >= 11 is 0. The van der Waals surface area contributed by atoms with Gasteiger partial charge in [-0.25, -0.2) is 4.99 Å². The van der Waals surface area contributed by atoms with Crippen LogP contribution in [0.15, 0.2) is 72.3 Å². The summed E-state index contributed by atoms with van der Waals surface area (Å²) in [5, 5.41) is 3.50. The summed E-state index contributed by atoms with van der Waals surface area (Å²) in [6, 6.07) is 6.30. The third kappa shape index (κ3) is 17.3. The molecule has 0 saturated carbocycles. The maximum atomic E-state index is 5.80. The zero-order valence-corrected chi connectivity index (χ0v) is 20.8. The third-order valence-electron chi connectivity index (χ3n) is 4.39. The number of allylic oxidation sites excluding steroid dienone is 5. The number of nitrogens with one attached hydrogen (secondary N) is 1. The van der Waals surface area contributed by atoms with Crippen LogP contribution >= 0.6 is 0 Å². The molecule has 4 nitrogen and oxygen atoms in total. The molecule has 1 aromatic carbocycles. The van der Waals surface area contributed by atoms with Crippen molar-refractivity contribution in [2.45, 2.75) is 66.4 Å². The fourth-order valence-electron chi connectivity index (χ4n) is 2.80. The Bertz CT molecular complexity index is 728. The van der Waals surface area contributed by atoms with Gasteiger partial charge in [0, 0.05) is 0 Å². The molecule has 32 heavy (non-hydrogen) atoms. The third-order valence-corrected chi connectivity index (χ3v) is 4.39. The summed E-state index contributed by atoms with van der Waals surface area (Å²) in [5.74, 6) is 0.575. The van der Waals surface area contributed by atoms with Crippen LogP contribution in [0.25, 0.3) is 0 Å². The van der Waals surface area contributed by atoms with E-state index in [4.69, 9.17) is 10.5 Å². The van der Waals surface area contributed by atoms with E-state index >= 15 is 0 Å². The highest BCUT2D eigenvalue weighted by atomic mass is 16.5. The number of nitrogens with zero attached hydrogens (tertiary/aromatic N) is 1. The van der Waals surface area contributed by atoms with E-state index in [1.54, 1.807) is 6.08 Å². The van der Waals surface area contributed by atoms with Crippen molar-refractivity contribution in [1.29, 1.82) is 0 Å². The number of aliphatic imine (C=N–C) groups is 1. The van der Waals surface area contributed by atoms with Crippen molar-refractivity contribution in [2.75, 3.05) is 19.7 Å². The number of hydrogen-bond donors (Lipinski definition) is 2. The molecule has 0 aliphatic heterocycles. The van der Waals surface area contributed by atoms with Crippen molar-refractivity contribution < 1.29 is 4.74 Å². The van der Waals surface area contributed by atoms with Gasteiger partial charge in [-0.2, -0.15) is 0 Å². The summed E-state index contributed by atoms with van der Waals surface area (Å²) < 4.78 is 5.80. The SMILES string of the molecule is C=C/C=C/C(=C)C.CC/C=C/COCc1cc(N=C(C)N)ccc1CCCNCCCC. The molecule has 178 valence electrons. The largest absolute Gasteiger partial charge is 0.387 e. The molecular weight excluding hydrogens is 394 g/mol. The lowest BCUT2D eigenvalue weighted by atomic mass is 10.0. The topological polar surface area (TPSA) is 59.6 Å². The highest BCUT2D eigenvalue weighted by molar-refractivity contribution is 5.80. The normalized spacial score (nSPS) is 11.6. The molecule has 3 N–H and O–H groups in total. The van der Waals surface area contributed by atoms with E-state index < -0.39 is 0 Å². The van der Waals surface area contributed by atoms with Crippen LogP contribution in [0.2, 0.25) is 0 Å².